The minimum absolute atomic E-state index is 0.0368. The van der Waals surface area contributed by atoms with Crippen LogP contribution in [-0.2, 0) is 6.54 Å². The quantitative estimate of drug-likeness (QED) is 0.446. The van der Waals surface area contributed by atoms with Crippen LogP contribution < -0.4 is 4.74 Å². The summed E-state index contributed by atoms with van der Waals surface area (Å²) < 4.78 is 7.31. The summed E-state index contributed by atoms with van der Waals surface area (Å²) in [5.74, 6) is 1.43. The Morgan fingerprint density at radius 2 is 2.03 bits per heavy atom. The van der Waals surface area contributed by atoms with Gasteiger partial charge in [-0.2, -0.15) is 0 Å². The summed E-state index contributed by atoms with van der Waals surface area (Å²) in [4.78, 5) is 29.0. The van der Waals surface area contributed by atoms with Crippen molar-refractivity contribution in [3.63, 3.8) is 0 Å². The van der Waals surface area contributed by atoms with Crippen LogP contribution in [0, 0.1) is 0 Å². The van der Waals surface area contributed by atoms with E-state index in [1.54, 1.807) is 25.8 Å². The molecular weight excluding hydrogens is 414 g/mol. The van der Waals surface area contributed by atoms with E-state index in [2.05, 4.69) is 9.97 Å². The minimum atomic E-state index is -0.0776. The van der Waals surface area contributed by atoms with E-state index in [0.717, 1.165) is 41.0 Å². The lowest BCUT2D eigenvalue weighted by Gasteiger charge is -2.25. The van der Waals surface area contributed by atoms with Gasteiger partial charge in [-0.15, -0.1) is 0 Å². The van der Waals surface area contributed by atoms with Gasteiger partial charge in [0, 0.05) is 42.8 Å². The first-order valence-corrected chi connectivity index (χ1v) is 11.0. The Balaban J connectivity index is 1.43. The molecule has 1 amide bonds. The lowest BCUT2D eigenvalue weighted by atomic mass is 10.0. The minimum Gasteiger partial charge on any atom is -0.497 e. The standard InChI is InChI=1S/C26H25N5O2/c1-33-21-8-4-7-19(16-21)25-28-12-11-23(29-25)24-10-5-14-31(24)26(32)22-9-3-2-6-20(22)17-30-15-13-27-18-30/h2-4,6-9,11-13,15-16,18,24H,5,10,14,17H2,1H3/t24-/m1/s1. The SMILES string of the molecule is COc1cccc(-c2nccc([C@H]3CCCN3C(=O)c3ccccc3Cn3ccnc3)n2)c1. The van der Waals surface area contributed by atoms with Gasteiger partial charge >= 0.3 is 0 Å². The lowest BCUT2D eigenvalue weighted by Crippen LogP contribution is -2.32. The Morgan fingerprint density at radius 3 is 2.88 bits per heavy atom. The van der Waals surface area contributed by atoms with E-state index in [0.29, 0.717) is 18.9 Å². The van der Waals surface area contributed by atoms with Gasteiger partial charge in [-0.25, -0.2) is 15.0 Å². The highest BCUT2D eigenvalue weighted by Crippen LogP contribution is 2.33. The van der Waals surface area contributed by atoms with Gasteiger partial charge in [0.2, 0.25) is 0 Å². The maximum absolute atomic E-state index is 13.7. The smallest absolute Gasteiger partial charge is 0.254 e. The van der Waals surface area contributed by atoms with Gasteiger partial charge in [-0.3, -0.25) is 4.79 Å². The van der Waals surface area contributed by atoms with Gasteiger partial charge in [0.05, 0.1) is 25.2 Å². The summed E-state index contributed by atoms with van der Waals surface area (Å²) in [5, 5.41) is 0. The Labute approximate surface area is 192 Å². The number of hydrogen-bond donors (Lipinski definition) is 0. The number of carbonyl (C=O) groups is 1. The fraction of sp³-hybridized carbons (Fsp3) is 0.231. The zero-order valence-corrected chi connectivity index (χ0v) is 18.5. The summed E-state index contributed by atoms with van der Waals surface area (Å²) in [5.41, 5.74) is 3.45. The number of hydrogen-bond acceptors (Lipinski definition) is 5. The predicted molar refractivity (Wildman–Crippen MR) is 125 cm³/mol. The first-order chi connectivity index (χ1) is 16.2. The van der Waals surface area contributed by atoms with E-state index in [-0.39, 0.29) is 11.9 Å². The van der Waals surface area contributed by atoms with Crippen molar-refractivity contribution in [2.45, 2.75) is 25.4 Å². The molecule has 0 saturated carbocycles. The van der Waals surface area contributed by atoms with Gasteiger partial charge in [0.1, 0.15) is 5.75 Å². The van der Waals surface area contributed by atoms with Crippen molar-refractivity contribution in [2.24, 2.45) is 0 Å². The van der Waals surface area contributed by atoms with E-state index >= 15 is 0 Å². The van der Waals surface area contributed by atoms with Crippen LogP contribution in [0.15, 0.2) is 79.5 Å². The van der Waals surface area contributed by atoms with Crippen molar-refractivity contribution in [1.82, 2.24) is 24.4 Å². The first-order valence-electron chi connectivity index (χ1n) is 11.0. The highest BCUT2D eigenvalue weighted by Gasteiger charge is 2.32. The average Bonchev–Trinajstić information content (AvgIpc) is 3.57. The lowest BCUT2D eigenvalue weighted by molar-refractivity contribution is 0.0731. The van der Waals surface area contributed by atoms with Crippen molar-refractivity contribution in [3.05, 3.63) is 96.3 Å². The molecule has 0 spiro atoms. The van der Waals surface area contributed by atoms with Crippen LogP contribution in [0.4, 0.5) is 0 Å². The van der Waals surface area contributed by atoms with Crippen molar-refractivity contribution in [2.75, 3.05) is 13.7 Å². The summed E-state index contributed by atoms with van der Waals surface area (Å²) in [6.45, 7) is 1.31. The van der Waals surface area contributed by atoms with Gasteiger partial charge in [0.25, 0.3) is 5.91 Å². The van der Waals surface area contributed by atoms with Gasteiger partial charge in [-0.1, -0.05) is 30.3 Å². The number of ether oxygens (including phenoxy) is 1. The molecule has 0 unspecified atom stereocenters. The van der Waals surface area contributed by atoms with Crippen LogP contribution in [0.2, 0.25) is 0 Å². The Morgan fingerprint density at radius 1 is 1.12 bits per heavy atom. The monoisotopic (exact) mass is 439 g/mol. The third-order valence-electron chi connectivity index (χ3n) is 6.02. The second-order valence-electron chi connectivity index (χ2n) is 8.09. The zero-order valence-electron chi connectivity index (χ0n) is 18.5. The molecule has 1 aliphatic heterocycles. The van der Waals surface area contributed by atoms with Crippen molar-refractivity contribution >= 4 is 5.91 Å². The second-order valence-corrected chi connectivity index (χ2v) is 8.09. The topological polar surface area (TPSA) is 73.1 Å². The molecule has 1 fully saturated rings. The number of benzene rings is 2. The Hall–Kier alpha value is -4.00. The molecule has 2 aromatic carbocycles. The van der Waals surface area contributed by atoms with E-state index in [9.17, 15) is 4.79 Å². The number of aromatic nitrogens is 4. The van der Waals surface area contributed by atoms with Crippen molar-refractivity contribution in [3.8, 4) is 17.1 Å². The molecule has 1 saturated heterocycles. The zero-order chi connectivity index (χ0) is 22.6. The number of rotatable bonds is 6. The van der Waals surface area contributed by atoms with Gasteiger partial charge < -0.3 is 14.2 Å². The van der Waals surface area contributed by atoms with Crippen LogP contribution in [0.1, 0.15) is 40.5 Å². The fourth-order valence-electron chi connectivity index (χ4n) is 4.38. The molecular formula is C26H25N5O2. The molecule has 0 bridgehead atoms. The van der Waals surface area contributed by atoms with Crippen molar-refractivity contribution < 1.29 is 9.53 Å². The van der Waals surface area contributed by atoms with E-state index < -0.39 is 0 Å². The predicted octanol–water partition coefficient (Wildman–Crippen LogP) is 4.37. The third-order valence-corrected chi connectivity index (χ3v) is 6.02. The molecule has 4 aromatic rings. The normalized spacial score (nSPS) is 15.5. The molecule has 0 aliphatic carbocycles. The molecule has 1 aliphatic rings. The second kappa shape index (κ2) is 9.24. The maximum atomic E-state index is 13.7. The fourth-order valence-corrected chi connectivity index (χ4v) is 4.38. The molecule has 0 N–H and O–H groups in total. The third kappa shape index (κ3) is 4.35. The largest absolute Gasteiger partial charge is 0.497 e. The molecule has 7 nitrogen and oxygen atoms in total. The Kier molecular flexibility index (Phi) is 5.85. The summed E-state index contributed by atoms with van der Waals surface area (Å²) in [6.07, 6.45) is 9.01. The van der Waals surface area contributed by atoms with Crippen LogP contribution >= 0.6 is 0 Å². The number of methoxy groups -OCH3 is 1. The van der Waals surface area contributed by atoms with Gasteiger partial charge in [-0.05, 0) is 42.7 Å². The Bertz CT molecular complexity index is 1260. The number of imidazole rings is 1. The van der Waals surface area contributed by atoms with Crippen molar-refractivity contribution in [1.29, 1.82) is 0 Å². The van der Waals surface area contributed by atoms with E-state index in [1.165, 1.54) is 0 Å². The molecule has 33 heavy (non-hydrogen) atoms. The number of carbonyl (C=O) groups excluding carboxylic acids is 1. The first kappa shape index (κ1) is 20.9. The highest BCUT2D eigenvalue weighted by molar-refractivity contribution is 5.96. The average molecular weight is 440 g/mol. The molecule has 166 valence electrons. The van der Waals surface area contributed by atoms with Crippen LogP contribution in [0.5, 0.6) is 5.75 Å². The van der Waals surface area contributed by atoms with E-state index in [1.807, 2.05) is 70.3 Å². The molecule has 7 heteroatoms. The molecule has 0 radical (unpaired) electrons. The van der Waals surface area contributed by atoms with Crippen LogP contribution in [0.3, 0.4) is 0 Å². The van der Waals surface area contributed by atoms with Crippen LogP contribution in [-0.4, -0.2) is 44.0 Å². The van der Waals surface area contributed by atoms with E-state index in [4.69, 9.17) is 9.72 Å². The molecule has 2 aromatic heterocycles. The van der Waals surface area contributed by atoms with Gasteiger partial charge in [0.15, 0.2) is 5.82 Å². The number of likely N-dealkylation sites (tertiary alicyclic amines) is 1. The molecule has 5 rings (SSSR count). The highest BCUT2D eigenvalue weighted by atomic mass is 16.5. The molecule has 3 heterocycles. The summed E-state index contributed by atoms with van der Waals surface area (Å²) in [7, 11) is 1.64. The molecule has 1 atom stereocenters. The summed E-state index contributed by atoms with van der Waals surface area (Å²) in [6, 6.07) is 17.3. The van der Waals surface area contributed by atoms with Crippen LogP contribution in [0.25, 0.3) is 11.4 Å². The summed E-state index contributed by atoms with van der Waals surface area (Å²) >= 11 is 0. The maximum Gasteiger partial charge on any atom is 0.254 e. The number of amides is 1. The number of nitrogens with zero attached hydrogens (tertiary/aromatic N) is 5.